The van der Waals surface area contributed by atoms with Crippen LogP contribution < -0.4 is 16.8 Å². The van der Waals surface area contributed by atoms with E-state index in [9.17, 15) is 9.59 Å². The molecule has 6 N–H and O–H groups in total. The first-order chi connectivity index (χ1) is 20.3. The molecule has 0 atom stereocenters. The number of unbranched alkanes of at least 4 members (excludes halogenated alkanes) is 4. The number of amides is 2. The lowest BCUT2D eigenvalue weighted by Crippen LogP contribution is -2.35. The first-order valence-corrected chi connectivity index (χ1v) is 14.7. The fourth-order valence-electron chi connectivity index (χ4n) is 5.08. The molecule has 9 heteroatoms. The summed E-state index contributed by atoms with van der Waals surface area (Å²) in [5.74, 6) is 0.679. The highest BCUT2D eigenvalue weighted by molar-refractivity contribution is 6.17. The Balaban J connectivity index is 1.28. The minimum atomic E-state index is -0.287. The van der Waals surface area contributed by atoms with E-state index in [1.54, 1.807) is 42.7 Å². The molecule has 0 unspecified atom stereocenters. The van der Waals surface area contributed by atoms with Gasteiger partial charge in [-0.15, -0.1) is 0 Å². The van der Waals surface area contributed by atoms with Crippen LogP contribution in [0.2, 0.25) is 0 Å². The molecule has 0 spiro atoms. The summed E-state index contributed by atoms with van der Waals surface area (Å²) in [7, 11) is 0. The van der Waals surface area contributed by atoms with Gasteiger partial charge < -0.3 is 21.7 Å². The van der Waals surface area contributed by atoms with E-state index in [4.69, 9.17) is 16.9 Å². The van der Waals surface area contributed by atoms with Crippen LogP contribution in [0.4, 0.5) is 17.3 Å². The molecule has 2 aromatic heterocycles. The third kappa shape index (κ3) is 8.25. The van der Waals surface area contributed by atoms with Crippen LogP contribution in [0.15, 0.2) is 54.9 Å². The van der Waals surface area contributed by atoms with Crippen LogP contribution in [-0.4, -0.2) is 45.5 Å². The number of carbonyl (C=O) groups is 2. The highest BCUT2D eigenvalue weighted by atomic mass is 16.2. The molecule has 220 valence electrons. The Bertz CT molecular complexity index is 1430. The second-order valence-electron chi connectivity index (χ2n) is 10.8. The molecule has 3 aromatic rings. The maximum atomic E-state index is 12.6. The maximum Gasteiger partial charge on any atom is 0.256 e. The highest BCUT2D eigenvalue weighted by Crippen LogP contribution is 2.26. The molecule has 1 aliphatic heterocycles. The number of anilines is 3. The molecule has 42 heavy (non-hydrogen) atoms. The van der Waals surface area contributed by atoms with E-state index < -0.39 is 0 Å². The predicted molar refractivity (Wildman–Crippen MR) is 170 cm³/mol. The van der Waals surface area contributed by atoms with Crippen molar-refractivity contribution in [1.82, 2.24) is 14.9 Å². The van der Waals surface area contributed by atoms with Gasteiger partial charge in [0, 0.05) is 48.6 Å². The van der Waals surface area contributed by atoms with Gasteiger partial charge in [0.1, 0.15) is 11.6 Å². The van der Waals surface area contributed by atoms with Crippen molar-refractivity contribution in [2.45, 2.75) is 64.7 Å². The number of allylic oxidation sites excluding steroid dienone is 1. The Morgan fingerprint density at radius 3 is 2.43 bits per heavy atom. The minimum Gasteiger partial charge on any atom is -0.398 e. The first-order valence-electron chi connectivity index (χ1n) is 14.7. The molecule has 9 nitrogen and oxygen atoms in total. The molecule has 3 heterocycles. The summed E-state index contributed by atoms with van der Waals surface area (Å²) in [6.45, 7) is 3.77. The minimum absolute atomic E-state index is 0.138. The molecule has 1 aromatic carbocycles. The fourth-order valence-corrected chi connectivity index (χ4v) is 5.08. The van der Waals surface area contributed by atoms with Gasteiger partial charge in [0.2, 0.25) is 5.91 Å². The lowest BCUT2D eigenvalue weighted by atomic mass is 9.98. The number of nitrogens with one attached hydrogen (secondary N) is 2. The smallest absolute Gasteiger partial charge is 0.256 e. The van der Waals surface area contributed by atoms with Crippen LogP contribution in [0.25, 0.3) is 6.08 Å². The lowest BCUT2D eigenvalue weighted by Gasteiger charge is -2.26. The Hall–Kier alpha value is -4.53. The summed E-state index contributed by atoms with van der Waals surface area (Å²) in [5, 5.41) is 11.6. The zero-order valence-corrected chi connectivity index (χ0v) is 24.4. The van der Waals surface area contributed by atoms with Crippen molar-refractivity contribution >= 4 is 40.9 Å². The average Bonchev–Trinajstić information content (AvgIpc) is 2.99. The number of nitrogens with zero attached hydrogens (tertiary/aromatic N) is 3. The summed E-state index contributed by atoms with van der Waals surface area (Å²) >= 11 is 0. The Morgan fingerprint density at radius 1 is 0.976 bits per heavy atom. The number of carbonyl (C=O) groups excluding carboxylic acids is 2. The van der Waals surface area contributed by atoms with Gasteiger partial charge in [0.25, 0.3) is 5.91 Å². The lowest BCUT2D eigenvalue weighted by molar-refractivity contribution is -0.132. The molecule has 1 aliphatic rings. The van der Waals surface area contributed by atoms with Gasteiger partial charge in [0.15, 0.2) is 0 Å². The van der Waals surface area contributed by atoms with Crippen LogP contribution >= 0.6 is 0 Å². The Labute approximate surface area is 247 Å². The summed E-state index contributed by atoms with van der Waals surface area (Å²) < 4.78 is 0. The van der Waals surface area contributed by atoms with Crippen LogP contribution in [0.1, 0.15) is 90.4 Å². The second kappa shape index (κ2) is 14.9. The number of hydrogen-bond donors (Lipinski definition) is 4. The van der Waals surface area contributed by atoms with Crippen LogP contribution in [-0.2, 0) is 4.79 Å². The maximum absolute atomic E-state index is 12.6. The third-order valence-corrected chi connectivity index (χ3v) is 7.54. The molecular formula is C33H41N7O2. The van der Waals surface area contributed by atoms with Gasteiger partial charge in [-0.1, -0.05) is 37.1 Å². The summed E-state index contributed by atoms with van der Waals surface area (Å²) in [6.07, 6.45) is 16.4. The van der Waals surface area contributed by atoms with Gasteiger partial charge in [-0.05, 0) is 75.3 Å². The number of aryl methyl sites for hydroxylation is 1. The van der Waals surface area contributed by atoms with Crippen molar-refractivity contribution in [3.63, 3.8) is 0 Å². The normalized spacial score (nSPS) is 13.3. The van der Waals surface area contributed by atoms with Crippen LogP contribution in [0, 0.1) is 12.3 Å². The summed E-state index contributed by atoms with van der Waals surface area (Å²) in [4.78, 5) is 35.4. The largest absolute Gasteiger partial charge is 0.398 e. The van der Waals surface area contributed by atoms with E-state index in [1.165, 1.54) is 6.42 Å². The third-order valence-electron chi connectivity index (χ3n) is 7.54. The number of hydrogen-bond acceptors (Lipinski definition) is 7. The zero-order chi connectivity index (χ0) is 29.9. The van der Waals surface area contributed by atoms with Gasteiger partial charge in [0.05, 0.1) is 17.0 Å². The van der Waals surface area contributed by atoms with Gasteiger partial charge in [-0.25, -0.2) is 9.97 Å². The van der Waals surface area contributed by atoms with Crippen molar-refractivity contribution in [1.29, 1.82) is 5.41 Å². The Kier molecular flexibility index (Phi) is 10.8. The van der Waals surface area contributed by atoms with Crippen molar-refractivity contribution < 1.29 is 9.59 Å². The van der Waals surface area contributed by atoms with Crippen LogP contribution in [0.3, 0.4) is 0 Å². The number of likely N-dealkylation sites (tertiary alicyclic amines) is 1. The second-order valence-corrected chi connectivity index (χ2v) is 10.8. The quantitative estimate of drug-likeness (QED) is 0.156. The van der Waals surface area contributed by atoms with Gasteiger partial charge in [-0.2, -0.15) is 0 Å². The molecule has 0 aliphatic carbocycles. The van der Waals surface area contributed by atoms with Crippen molar-refractivity contribution in [2.75, 3.05) is 29.9 Å². The molecule has 0 bridgehead atoms. The Morgan fingerprint density at radius 2 is 1.69 bits per heavy atom. The van der Waals surface area contributed by atoms with E-state index in [0.29, 0.717) is 46.1 Å². The topological polar surface area (TPSA) is 151 Å². The number of pyridine rings is 2. The monoisotopic (exact) mass is 567 g/mol. The first kappa shape index (κ1) is 30.4. The predicted octanol–water partition coefficient (Wildman–Crippen LogP) is 5.98. The number of piperidine rings is 1. The van der Waals surface area contributed by atoms with E-state index in [-0.39, 0.29) is 17.4 Å². The highest BCUT2D eigenvalue weighted by Gasteiger charge is 2.17. The average molecular weight is 568 g/mol. The number of aromatic nitrogens is 2. The molecule has 0 radical (unpaired) electrons. The fraction of sp³-hybridized carbons (Fsp3) is 0.364. The van der Waals surface area contributed by atoms with E-state index >= 15 is 0 Å². The van der Waals surface area contributed by atoms with E-state index in [2.05, 4.69) is 21.4 Å². The number of nitrogens with two attached hydrogens (primary N) is 2. The van der Waals surface area contributed by atoms with E-state index in [0.717, 1.165) is 63.6 Å². The van der Waals surface area contributed by atoms with Gasteiger partial charge in [-0.3, -0.25) is 15.0 Å². The SMILES string of the molecule is Cc1ccnc(NC(=O)c2ccc(C(=N)c3c(N)ncc(/C=C/CCCCCCC(=O)N4CCCCC4)c3N)cc2)c1. The standard InChI is InChI=1S/C33H41N7O2/c1-23-17-18-37-27(21-23)39-33(42)25-15-13-24(14-16-25)30(34)29-31(35)26(22-38-32(29)36)11-7-4-2-3-5-8-12-28(41)40-19-9-6-10-20-40/h7,11,13-18,21-22,34H,2-6,8-10,12,19-20H2,1H3,(H4,35,36,38)(H,37,39,42)/b11-7+,34-30?. The number of benzene rings is 1. The zero-order valence-electron chi connectivity index (χ0n) is 24.4. The van der Waals surface area contributed by atoms with Crippen molar-refractivity contribution in [3.8, 4) is 0 Å². The molecule has 4 rings (SSSR count). The molecule has 1 saturated heterocycles. The van der Waals surface area contributed by atoms with Crippen molar-refractivity contribution in [3.05, 3.63) is 82.7 Å². The molecule has 0 saturated carbocycles. The van der Waals surface area contributed by atoms with E-state index in [1.807, 2.05) is 24.0 Å². The number of rotatable bonds is 12. The van der Waals surface area contributed by atoms with Crippen LogP contribution in [0.5, 0.6) is 0 Å². The number of nitrogen functional groups attached to an aromatic ring is 2. The van der Waals surface area contributed by atoms with Crippen molar-refractivity contribution in [2.24, 2.45) is 0 Å². The summed E-state index contributed by atoms with van der Waals surface area (Å²) in [6, 6.07) is 10.4. The molecular weight excluding hydrogens is 526 g/mol. The van der Waals surface area contributed by atoms with Gasteiger partial charge >= 0.3 is 0 Å². The summed E-state index contributed by atoms with van der Waals surface area (Å²) in [5.41, 5.74) is 16.2. The molecule has 1 fully saturated rings. The molecule has 2 amide bonds.